The number of allylic oxidation sites excluding steroid dienone is 3. The van der Waals surface area contributed by atoms with E-state index in [0.717, 1.165) is 70.6 Å². The number of hydrogen-bond donors (Lipinski definition) is 2. The van der Waals surface area contributed by atoms with Crippen molar-refractivity contribution in [1.29, 1.82) is 0 Å². The average Bonchev–Trinajstić information content (AvgIpc) is 3.22. The van der Waals surface area contributed by atoms with Gasteiger partial charge in [-0.1, -0.05) is 200 Å². The van der Waals surface area contributed by atoms with Crippen LogP contribution in [0, 0.1) is 0 Å². The molecular weight excluding hydrogens is 796 g/mol. The summed E-state index contributed by atoms with van der Waals surface area (Å²) in [5.74, 6) is -0.519. The van der Waals surface area contributed by atoms with Gasteiger partial charge in [0.15, 0.2) is 0 Å². The third-order valence-corrected chi connectivity index (χ3v) is 12.6. The molecule has 3 unspecified atom stereocenters. The van der Waals surface area contributed by atoms with E-state index in [1.54, 1.807) is 0 Å². The Labute approximate surface area is 383 Å². The predicted molar refractivity (Wildman–Crippen MR) is 263 cm³/mol. The third-order valence-electron chi connectivity index (χ3n) is 11.6. The number of carbonyl (C=O) groups is 2. The van der Waals surface area contributed by atoms with Gasteiger partial charge in [-0.3, -0.25) is 18.6 Å². The van der Waals surface area contributed by atoms with Crippen molar-refractivity contribution >= 4 is 19.7 Å². The SMILES string of the molecule is CCCCCCCCC/C=C\CCCCCC(=O)OC(/C=C/CCCCCCCCCCC)C(COP(=O)(O)OCC[N+](C)(C)C)NC(=O)CCCCCCCCCCCCC. The Morgan fingerprint density at radius 1 is 0.548 bits per heavy atom. The topological polar surface area (TPSA) is 111 Å². The first-order chi connectivity index (χ1) is 29.9. The van der Waals surface area contributed by atoms with Crippen LogP contribution in [0.4, 0.5) is 0 Å². The van der Waals surface area contributed by atoms with Gasteiger partial charge in [0, 0.05) is 12.8 Å². The summed E-state index contributed by atoms with van der Waals surface area (Å²) in [5.41, 5.74) is 0. The van der Waals surface area contributed by atoms with Crippen LogP contribution in [0.5, 0.6) is 0 Å². The van der Waals surface area contributed by atoms with Gasteiger partial charge in [-0.25, -0.2) is 4.57 Å². The summed E-state index contributed by atoms with van der Waals surface area (Å²) in [6, 6.07) is -0.845. The summed E-state index contributed by atoms with van der Waals surface area (Å²) >= 11 is 0. The first-order valence-corrected chi connectivity index (χ1v) is 27.7. The normalized spacial score (nSPS) is 14.1. The molecule has 0 saturated heterocycles. The zero-order valence-electron chi connectivity index (χ0n) is 41.6. The number of phosphoric acid groups is 1. The van der Waals surface area contributed by atoms with E-state index in [1.807, 2.05) is 33.3 Å². The summed E-state index contributed by atoms with van der Waals surface area (Å²) < 4.78 is 30.4. The molecule has 0 aromatic rings. The first-order valence-electron chi connectivity index (χ1n) is 26.2. The van der Waals surface area contributed by atoms with E-state index in [4.69, 9.17) is 13.8 Å². The Morgan fingerprint density at radius 3 is 1.39 bits per heavy atom. The number of esters is 1. The number of carbonyl (C=O) groups excluding carboxylic acids is 2. The average molecular weight is 898 g/mol. The van der Waals surface area contributed by atoms with Gasteiger partial charge in [-0.05, 0) is 57.4 Å². The maximum atomic E-state index is 13.4. The highest BCUT2D eigenvalue weighted by Crippen LogP contribution is 2.43. The lowest BCUT2D eigenvalue weighted by atomic mass is 10.0. The van der Waals surface area contributed by atoms with E-state index in [0.29, 0.717) is 17.4 Å². The predicted octanol–water partition coefficient (Wildman–Crippen LogP) is 15.0. The van der Waals surface area contributed by atoms with Gasteiger partial charge in [-0.2, -0.15) is 0 Å². The van der Waals surface area contributed by atoms with Gasteiger partial charge >= 0.3 is 13.8 Å². The highest BCUT2D eigenvalue weighted by atomic mass is 31.2. The second-order valence-corrected chi connectivity index (χ2v) is 20.5. The van der Waals surface area contributed by atoms with E-state index in [2.05, 4.69) is 38.2 Å². The van der Waals surface area contributed by atoms with Crippen molar-refractivity contribution in [2.75, 3.05) is 40.9 Å². The number of ether oxygens (including phenoxy) is 1. The molecule has 0 aliphatic carbocycles. The maximum Gasteiger partial charge on any atom is 0.472 e. The van der Waals surface area contributed by atoms with Crippen molar-refractivity contribution in [2.24, 2.45) is 0 Å². The van der Waals surface area contributed by atoms with Gasteiger partial charge in [0.25, 0.3) is 0 Å². The van der Waals surface area contributed by atoms with Gasteiger partial charge in [0.2, 0.25) is 5.91 Å². The Hall–Kier alpha value is -1.51. The second-order valence-electron chi connectivity index (χ2n) is 19.1. The van der Waals surface area contributed by atoms with Gasteiger partial charge in [0.1, 0.15) is 19.3 Å². The number of likely N-dealkylation sites (N-methyl/N-ethyl adjacent to an activating group) is 1. The largest absolute Gasteiger partial charge is 0.472 e. The lowest BCUT2D eigenvalue weighted by Gasteiger charge is -2.27. The number of unbranched alkanes of at least 4 members (excludes halogenated alkanes) is 29. The highest BCUT2D eigenvalue weighted by molar-refractivity contribution is 7.47. The molecule has 3 atom stereocenters. The maximum absolute atomic E-state index is 13.4. The summed E-state index contributed by atoms with van der Waals surface area (Å²) in [5, 5.41) is 3.03. The lowest BCUT2D eigenvalue weighted by Crippen LogP contribution is -2.47. The molecule has 0 fully saturated rings. The number of nitrogens with zero attached hydrogens (tertiary/aromatic N) is 1. The van der Waals surface area contributed by atoms with Crippen LogP contribution in [0.3, 0.4) is 0 Å². The molecule has 0 saturated carbocycles. The summed E-state index contributed by atoms with van der Waals surface area (Å²) in [7, 11) is 1.50. The van der Waals surface area contributed by atoms with Crippen LogP contribution >= 0.6 is 7.82 Å². The minimum Gasteiger partial charge on any atom is -0.456 e. The minimum atomic E-state index is -4.43. The molecule has 0 aromatic heterocycles. The molecule has 0 aromatic carbocycles. The fraction of sp³-hybridized carbons (Fsp3) is 0.885. The Balaban J connectivity index is 5.42. The number of phosphoric ester groups is 1. The quantitative estimate of drug-likeness (QED) is 0.0206. The van der Waals surface area contributed by atoms with E-state index >= 15 is 0 Å². The number of amides is 1. The molecule has 366 valence electrons. The molecule has 0 rings (SSSR count). The Kier molecular flexibility index (Phi) is 42.3. The molecule has 0 heterocycles. The van der Waals surface area contributed by atoms with Crippen LogP contribution < -0.4 is 5.32 Å². The van der Waals surface area contributed by atoms with Crippen LogP contribution in [0.1, 0.15) is 245 Å². The third kappa shape index (κ3) is 43.7. The van der Waals surface area contributed by atoms with Gasteiger partial charge in [-0.15, -0.1) is 0 Å². The van der Waals surface area contributed by atoms with E-state index < -0.39 is 20.0 Å². The van der Waals surface area contributed by atoms with Crippen LogP contribution in [-0.4, -0.2) is 74.3 Å². The Morgan fingerprint density at radius 2 is 0.935 bits per heavy atom. The van der Waals surface area contributed by atoms with Crippen LogP contribution in [0.25, 0.3) is 0 Å². The van der Waals surface area contributed by atoms with Crippen molar-refractivity contribution in [3.8, 4) is 0 Å². The molecule has 0 aliphatic heterocycles. The molecule has 0 aliphatic rings. The zero-order valence-corrected chi connectivity index (χ0v) is 42.5. The molecule has 62 heavy (non-hydrogen) atoms. The van der Waals surface area contributed by atoms with E-state index in [-0.39, 0.29) is 31.5 Å². The van der Waals surface area contributed by atoms with Crippen molar-refractivity contribution in [2.45, 2.75) is 258 Å². The first kappa shape index (κ1) is 60.5. The van der Waals surface area contributed by atoms with E-state index in [1.165, 1.54) is 141 Å². The zero-order chi connectivity index (χ0) is 45.8. The fourth-order valence-corrected chi connectivity index (χ4v) is 8.26. The van der Waals surface area contributed by atoms with Crippen LogP contribution in [-0.2, 0) is 27.9 Å². The minimum absolute atomic E-state index is 0.0409. The van der Waals surface area contributed by atoms with Gasteiger partial charge < -0.3 is 19.4 Å². The molecule has 2 N–H and O–H groups in total. The number of nitrogens with one attached hydrogen (secondary N) is 1. The number of quaternary nitrogens is 1. The smallest absolute Gasteiger partial charge is 0.456 e. The van der Waals surface area contributed by atoms with Gasteiger partial charge in [0.05, 0.1) is 33.8 Å². The van der Waals surface area contributed by atoms with Crippen molar-refractivity contribution in [1.82, 2.24) is 5.32 Å². The molecule has 0 bridgehead atoms. The molecule has 0 spiro atoms. The molecule has 0 radical (unpaired) electrons. The summed E-state index contributed by atoms with van der Waals surface area (Å²) in [4.78, 5) is 37.3. The monoisotopic (exact) mass is 898 g/mol. The van der Waals surface area contributed by atoms with Crippen molar-refractivity contribution in [3.63, 3.8) is 0 Å². The molecular formula is C52H102N2O7P+. The van der Waals surface area contributed by atoms with Crippen molar-refractivity contribution in [3.05, 3.63) is 24.3 Å². The number of rotatable bonds is 47. The van der Waals surface area contributed by atoms with Crippen LogP contribution in [0.2, 0.25) is 0 Å². The van der Waals surface area contributed by atoms with Crippen LogP contribution in [0.15, 0.2) is 24.3 Å². The standard InChI is InChI=1S/C52H101N2O7P/c1-7-10-13-16-19-22-25-26-27-30-33-36-39-42-45-52(56)61-50(43-40-37-34-31-28-23-20-17-14-11-8-2)49(48-60-62(57,58)59-47-46-54(4,5)6)53-51(55)44-41-38-35-32-29-24-21-18-15-12-9-3/h27,30,40,43,49-50H,7-26,28-29,31-39,41-42,44-48H2,1-6H3,(H-,53,55,57,58)/p+1/b30-27-,43-40+. The molecule has 9 nitrogen and oxygen atoms in total. The number of hydrogen-bond acceptors (Lipinski definition) is 6. The molecule has 1 amide bonds. The van der Waals surface area contributed by atoms with Crippen molar-refractivity contribution < 1.29 is 37.3 Å². The second kappa shape index (κ2) is 43.4. The molecule has 10 heteroatoms. The highest BCUT2D eigenvalue weighted by Gasteiger charge is 2.30. The lowest BCUT2D eigenvalue weighted by molar-refractivity contribution is -0.870. The summed E-state index contributed by atoms with van der Waals surface area (Å²) in [6.45, 7) is 6.98. The Bertz CT molecular complexity index is 1120. The summed E-state index contributed by atoms with van der Waals surface area (Å²) in [6.07, 6.45) is 47.4. The fourth-order valence-electron chi connectivity index (χ4n) is 7.52. The van der Waals surface area contributed by atoms with E-state index in [9.17, 15) is 19.0 Å².